The first-order valence-electron chi connectivity index (χ1n) is 6.22. The highest BCUT2D eigenvalue weighted by molar-refractivity contribution is 6.31. The molecule has 0 saturated heterocycles. The van der Waals surface area contributed by atoms with Crippen LogP contribution in [0.2, 0.25) is 5.02 Å². The van der Waals surface area contributed by atoms with Gasteiger partial charge in [-0.3, -0.25) is 0 Å². The van der Waals surface area contributed by atoms with Gasteiger partial charge in [0.2, 0.25) is 0 Å². The summed E-state index contributed by atoms with van der Waals surface area (Å²) in [7, 11) is 0. The molecule has 0 aliphatic carbocycles. The smallest absolute Gasteiger partial charge is 0.113 e. The second kappa shape index (κ2) is 5.35. The van der Waals surface area contributed by atoms with E-state index in [0.29, 0.717) is 12.2 Å². The Labute approximate surface area is 121 Å². The summed E-state index contributed by atoms with van der Waals surface area (Å²) in [6.45, 7) is 0.592. The second-order valence-electron chi connectivity index (χ2n) is 4.52. The van der Waals surface area contributed by atoms with Crippen LogP contribution in [0.25, 0.3) is 11.3 Å². The third-order valence-corrected chi connectivity index (χ3v) is 3.38. The molecular weight excluding hydrogens is 272 g/mol. The lowest BCUT2D eigenvalue weighted by atomic mass is 10.1. The average Bonchev–Trinajstić information content (AvgIpc) is 2.90. The van der Waals surface area contributed by atoms with E-state index in [2.05, 4.69) is 10.3 Å². The van der Waals surface area contributed by atoms with Crippen LogP contribution >= 0.6 is 11.6 Å². The largest absolute Gasteiger partial charge is 0.399 e. The average molecular weight is 285 g/mol. The summed E-state index contributed by atoms with van der Waals surface area (Å²) in [5.41, 5.74) is 9.25. The van der Waals surface area contributed by atoms with Gasteiger partial charge in [0.15, 0.2) is 0 Å². The maximum Gasteiger partial charge on any atom is 0.113 e. The molecule has 1 aromatic heterocycles. The number of aromatic nitrogens is 3. The zero-order valence-corrected chi connectivity index (χ0v) is 11.5. The number of nitrogen functional groups attached to an aromatic ring is 1. The third-order valence-electron chi connectivity index (χ3n) is 3.01. The molecule has 0 fully saturated rings. The Kier molecular flexibility index (Phi) is 3.39. The van der Waals surface area contributed by atoms with Gasteiger partial charge < -0.3 is 5.73 Å². The first-order valence-corrected chi connectivity index (χ1v) is 6.59. The minimum atomic E-state index is 0.592. The zero-order valence-electron chi connectivity index (χ0n) is 10.7. The van der Waals surface area contributed by atoms with Gasteiger partial charge in [0.25, 0.3) is 0 Å². The molecule has 0 aliphatic heterocycles. The molecule has 2 aromatic carbocycles. The minimum absolute atomic E-state index is 0.592. The lowest BCUT2D eigenvalue weighted by molar-refractivity contribution is 0.650. The molecule has 3 aromatic rings. The molecular formula is C15H13ClN4. The minimum Gasteiger partial charge on any atom is -0.399 e. The summed E-state index contributed by atoms with van der Waals surface area (Å²) in [6.07, 6.45) is 1.89. The highest BCUT2D eigenvalue weighted by atomic mass is 35.5. The highest BCUT2D eigenvalue weighted by Gasteiger charge is 2.06. The molecule has 0 saturated carbocycles. The number of hydrogen-bond donors (Lipinski definition) is 1. The van der Waals surface area contributed by atoms with Gasteiger partial charge in [0.05, 0.1) is 12.7 Å². The van der Waals surface area contributed by atoms with Crippen molar-refractivity contribution in [1.82, 2.24) is 15.0 Å². The topological polar surface area (TPSA) is 56.7 Å². The first-order chi connectivity index (χ1) is 9.72. The van der Waals surface area contributed by atoms with E-state index < -0.39 is 0 Å². The van der Waals surface area contributed by atoms with Crippen molar-refractivity contribution in [3.8, 4) is 11.3 Å². The van der Waals surface area contributed by atoms with E-state index in [1.165, 1.54) is 0 Å². The number of halogens is 1. The van der Waals surface area contributed by atoms with Gasteiger partial charge in [-0.25, -0.2) is 4.68 Å². The van der Waals surface area contributed by atoms with Crippen LogP contribution in [-0.2, 0) is 6.54 Å². The Morgan fingerprint density at radius 1 is 1.10 bits per heavy atom. The van der Waals surface area contributed by atoms with E-state index in [0.717, 1.165) is 21.8 Å². The molecule has 0 aliphatic rings. The van der Waals surface area contributed by atoms with Crippen LogP contribution in [-0.4, -0.2) is 15.0 Å². The van der Waals surface area contributed by atoms with E-state index in [4.69, 9.17) is 17.3 Å². The van der Waals surface area contributed by atoms with Crippen molar-refractivity contribution in [3.63, 3.8) is 0 Å². The highest BCUT2D eigenvalue weighted by Crippen LogP contribution is 2.20. The van der Waals surface area contributed by atoms with Crippen LogP contribution in [0.5, 0.6) is 0 Å². The van der Waals surface area contributed by atoms with Crippen molar-refractivity contribution < 1.29 is 0 Å². The summed E-state index contributed by atoms with van der Waals surface area (Å²) in [6, 6.07) is 15.3. The van der Waals surface area contributed by atoms with Crippen molar-refractivity contribution in [2.75, 3.05) is 5.73 Å². The van der Waals surface area contributed by atoms with Gasteiger partial charge >= 0.3 is 0 Å². The van der Waals surface area contributed by atoms with Crippen LogP contribution in [0.3, 0.4) is 0 Å². The van der Waals surface area contributed by atoms with E-state index in [1.807, 2.05) is 54.7 Å². The SMILES string of the molecule is Nc1cccc(-c2cn(Cc3ccccc3Cl)nn2)c1. The number of rotatable bonds is 3. The number of hydrogen-bond acceptors (Lipinski definition) is 3. The summed E-state index contributed by atoms with van der Waals surface area (Å²) < 4.78 is 1.76. The molecule has 2 N–H and O–H groups in total. The number of nitrogens with two attached hydrogens (primary N) is 1. The molecule has 0 radical (unpaired) electrons. The van der Waals surface area contributed by atoms with E-state index in [1.54, 1.807) is 4.68 Å². The van der Waals surface area contributed by atoms with E-state index in [9.17, 15) is 0 Å². The fourth-order valence-corrected chi connectivity index (χ4v) is 2.20. The zero-order chi connectivity index (χ0) is 13.9. The molecule has 1 heterocycles. The lowest BCUT2D eigenvalue weighted by Gasteiger charge is -2.02. The molecule has 0 spiro atoms. The normalized spacial score (nSPS) is 10.7. The Morgan fingerprint density at radius 2 is 1.95 bits per heavy atom. The van der Waals surface area contributed by atoms with Gasteiger partial charge in [-0.05, 0) is 23.8 Å². The molecule has 0 unspecified atom stereocenters. The van der Waals surface area contributed by atoms with Crippen molar-refractivity contribution >= 4 is 17.3 Å². The van der Waals surface area contributed by atoms with Crippen LogP contribution in [0.1, 0.15) is 5.56 Å². The van der Waals surface area contributed by atoms with E-state index in [-0.39, 0.29) is 0 Å². The summed E-state index contributed by atoms with van der Waals surface area (Å²) in [5, 5.41) is 9.02. The van der Waals surface area contributed by atoms with Crippen molar-refractivity contribution in [2.45, 2.75) is 6.54 Å². The van der Waals surface area contributed by atoms with Gasteiger partial charge in [-0.15, -0.1) is 5.10 Å². The Balaban J connectivity index is 1.86. The lowest BCUT2D eigenvalue weighted by Crippen LogP contribution is -2.00. The number of anilines is 1. The monoisotopic (exact) mass is 284 g/mol. The summed E-state index contributed by atoms with van der Waals surface area (Å²) in [4.78, 5) is 0. The van der Waals surface area contributed by atoms with Crippen LogP contribution < -0.4 is 5.73 Å². The van der Waals surface area contributed by atoms with Crippen LogP contribution in [0.15, 0.2) is 54.7 Å². The molecule has 4 nitrogen and oxygen atoms in total. The third kappa shape index (κ3) is 2.65. The molecule has 100 valence electrons. The molecule has 0 bridgehead atoms. The molecule has 0 amide bonds. The molecule has 3 rings (SSSR count). The number of benzene rings is 2. The Bertz CT molecular complexity index is 736. The summed E-state index contributed by atoms with van der Waals surface area (Å²) in [5.74, 6) is 0. The quantitative estimate of drug-likeness (QED) is 0.751. The predicted octanol–water partition coefficient (Wildman–Crippen LogP) is 3.23. The van der Waals surface area contributed by atoms with Crippen LogP contribution in [0.4, 0.5) is 5.69 Å². The maximum absolute atomic E-state index is 6.14. The molecule has 0 atom stereocenters. The fraction of sp³-hybridized carbons (Fsp3) is 0.0667. The summed E-state index contributed by atoms with van der Waals surface area (Å²) >= 11 is 6.14. The fourth-order valence-electron chi connectivity index (χ4n) is 2.01. The van der Waals surface area contributed by atoms with E-state index >= 15 is 0 Å². The van der Waals surface area contributed by atoms with Crippen molar-refractivity contribution in [1.29, 1.82) is 0 Å². The maximum atomic E-state index is 6.14. The first kappa shape index (κ1) is 12.7. The second-order valence-corrected chi connectivity index (χ2v) is 4.93. The Morgan fingerprint density at radius 3 is 2.75 bits per heavy atom. The van der Waals surface area contributed by atoms with Crippen LogP contribution in [0, 0.1) is 0 Å². The van der Waals surface area contributed by atoms with Gasteiger partial charge in [0, 0.05) is 16.3 Å². The Hall–Kier alpha value is -2.33. The number of nitrogens with zero attached hydrogens (tertiary/aromatic N) is 3. The molecule has 5 heteroatoms. The van der Waals surface area contributed by atoms with Gasteiger partial charge in [-0.2, -0.15) is 0 Å². The van der Waals surface area contributed by atoms with Gasteiger partial charge in [-0.1, -0.05) is 47.1 Å². The van der Waals surface area contributed by atoms with Gasteiger partial charge in [0.1, 0.15) is 5.69 Å². The van der Waals surface area contributed by atoms with Crippen molar-refractivity contribution in [3.05, 3.63) is 65.3 Å². The van der Waals surface area contributed by atoms with Crippen molar-refractivity contribution in [2.24, 2.45) is 0 Å². The standard InChI is InChI=1S/C15H13ClN4/c16-14-7-2-1-4-12(14)9-20-10-15(18-19-20)11-5-3-6-13(17)8-11/h1-8,10H,9,17H2. The predicted molar refractivity (Wildman–Crippen MR) is 80.4 cm³/mol. The molecule has 20 heavy (non-hydrogen) atoms.